The number of amides is 2. The van der Waals surface area contributed by atoms with Crippen LogP contribution in [0.15, 0.2) is 24.3 Å². The quantitative estimate of drug-likeness (QED) is 0.697. The van der Waals surface area contributed by atoms with Gasteiger partial charge in [-0.3, -0.25) is 14.3 Å². The van der Waals surface area contributed by atoms with Gasteiger partial charge in [-0.05, 0) is 61.9 Å². The minimum Gasteiger partial charge on any atom is -0.497 e. The molecule has 0 radical (unpaired) electrons. The van der Waals surface area contributed by atoms with Crippen molar-refractivity contribution in [3.63, 3.8) is 0 Å². The van der Waals surface area contributed by atoms with Crippen LogP contribution in [0, 0.1) is 5.92 Å². The molecule has 2 aliphatic carbocycles. The van der Waals surface area contributed by atoms with Crippen LogP contribution in [0.3, 0.4) is 0 Å². The number of hydrogen-bond donors (Lipinski definition) is 0. The van der Waals surface area contributed by atoms with E-state index in [1.165, 1.54) is 17.7 Å². The molecule has 170 valence electrons. The Hall–Kier alpha value is -2.83. The molecule has 2 amide bonds. The molecule has 7 nitrogen and oxygen atoms in total. The van der Waals surface area contributed by atoms with E-state index >= 15 is 0 Å². The Balaban J connectivity index is 1.36. The van der Waals surface area contributed by atoms with Gasteiger partial charge in [-0.15, -0.1) is 0 Å². The molecule has 1 atom stereocenters. The standard InChI is InChI=1S/C25H32N4O3/c1-27-23-9-5-8-21(23)22(26-27)16-29(18-6-3-4-7-18)25(31)17-14-24(30)28(15-17)19-10-12-20(32-2)13-11-19/h10-13,17-18H,3-9,14-16H2,1-2H3. The van der Waals surface area contributed by atoms with Gasteiger partial charge in [0.25, 0.3) is 0 Å². The number of benzene rings is 1. The molecule has 0 bridgehead atoms. The molecular formula is C25H32N4O3. The highest BCUT2D eigenvalue weighted by Gasteiger charge is 2.40. The van der Waals surface area contributed by atoms with Crippen molar-refractivity contribution >= 4 is 17.5 Å². The maximum Gasteiger partial charge on any atom is 0.228 e. The number of nitrogens with zero attached hydrogens (tertiary/aromatic N) is 4. The third-order valence-corrected chi connectivity index (χ3v) is 7.43. The van der Waals surface area contributed by atoms with Gasteiger partial charge in [-0.25, -0.2) is 0 Å². The Morgan fingerprint density at radius 1 is 1.16 bits per heavy atom. The fourth-order valence-corrected chi connectivity index (χ4v) is 5.71. The summed E-state index contributed by atoms with van der Waals surface area (Å²) in [5.41, 5.74) is 4.53. The molecule has 2 fully saturated rings. The number of aryl methyl sites for hydroxylation is 1. The first kappa shape index (κ1) is 21.0. The van der Waals surface area contributed by atoms with Crippen molar-refractivity contribution in [2.75, 3.05) is 18.6 Å². The highest BCUT2D eigenvalue weighted by atomic mass is 16.5. The predicted molar refractivity (Wildman–Crippen MR) is 121 cm³/mol. The molecule has 0 N–H and O–H groups in total. The fraction of sp³-hybridized carbons (Fsp3) is 0.560. The number of methoxy groups -OCH3 is 1. The van der Waals surface area contributed by atoms with Crippen LogP contribution < -0.4 is 9.64 Å². The van der Waals surface area contributed by atoms with Gasteiger partial charge in [-0.1, -0.05) is 12.8 Å². The van der Waals surface area contributed by atoms with E-state index in [1.54, 1.807) is 12.0 Å². The van der Waals surface area contributed by atoms with E-state index in [4.69, 9.17) is 9.84 Å². The largest absolute Gasteiger partial charge is 0.497 e. The van der Waals surface area contributed by atoms with E-state index in [2.05, 4.69) is 4.90 Å². The highest BCUT2D eigenvalue weighted by molar-refractivity contribution is 6.00. The Kier molecular flexibility index (Phi) is 5.66. The van der Waals surface area contributed by atoms with Crippen LogP contribution in [0.5, 0.6) is 5.75 Å². The first-order valence-electron chi connectivity index (χ1n) is 11.8. The first-order chi connectivity index (χ1) is 15.5. The maximum atomic E-state index is 13.8. The molecular weight excluding hydrogens is 404 g/mol. The Labute approximate surface area is 189 Å². The van der Waals surface area contributed by atoms with Crippen LogP contribution in [-0.4, -0.2) is 46.2 Å². The monoisotopic (exact) mass is 436 g/mol. The molecule has 1 saturated heterocycles. The predicted octanol–water partition coefficient (Wildman–Crippen LogP) is 3.24. The number of rotatable bonds is 6. The number of ether oxygens (including phenoxy) is 1. The van der Waals surface area contributed by atoms with Crippen LogP contribution in [-0.2, 0) is 36.0 Å². The van der Waals surface area contributed by atoms with E-state index in [-0.39, 0.29) is 30.2 Å². The lowest BCUT2D eigenvalue weighted by Gasteiger charge is -2.31. The lowest BCUT2D eigenvalue weighted by atomic mass is 10.0. The molecule has 3 aliphatic rings. The number of carbonyl (C=O) groups excluding carboxylic acids is 2. The molecule has 32 heavy (non-hydrogen) atoms. The Morgan fingerprint density at radius 2 is 1.91 bits per heavy atom. The number of anilines is 1. The molecule has 1 aromatic heterocycles. The Morgan fingerprint density at radius 3 is 2.62 bits per heavy atom. The SMILES string of the molecule is COc1ccc(N2CC(C(=O)N(Cc3nn(C)c4c3CCC4)C3CCCC3)CC2=O)cc1. The minimum absolute atomic E-state index is 0.0126. The van der Waals surface area contributed by atoms with Crippen molar-refractivity contribution in [3.8, 4) is 5.75 Å². The number of hydrogen-bond acceptors (Lipinski definition) is 4. The molecule has 2 aromatic rings. The molecule has 1 aliphatic heterocycles. The summed E-state index contributed by atoms with van der Waals surface area (Å²) in [6, 6.07) is 7.73. The van der Waals surface area contributed by atoms with Gasteiger partial charge in [0.05, 0.1) is 25.3 Å². The lowest BCUT2D eigenvalue weighted by Crippen LogP contribution is -2.43. The molecule has 5 rings (SSSR count). The normalized spacial score (nSPS) is 20.8. The smallest absolute Gasteiger partial charge is 0.228 e. The third-order valence-electron chi connectivity index (χ3n) is 7.43. The zero-order chi connectivity index (χ0) is 22.2. The highest BCUT2D eigenvalue weighted by Crippen LogP contribution is 2.33. The van der Waals surface area contributed by atoms with Crippen LogP contribution in [0.4, 0.5) is 5.69 Å². The summed E-state index contributed by atoms with van der Waals surface area (Å²) in [4.78, 5) is 30.4. The van der Waals surface area contributed by atoms with Crippen molar-refractivity contribution in [1.82, 2.24) is 14.7 Å². The van der Waals surface area contributed by atoms with Crippen LogP contribution in [0.1, 0.15) is 55.5 Å². The summed E-state index contributed by atoms with van der Waals surface area (Å²) in [6.07, 6.45) is 7.98. The number of carbonyl (C=O) groups is 2. The van der Waals surface area contributed by atoms with E-state index in [1.807, 2.05) is 36.0 Å². The van der Waals surface area contributed by atoms with E-state index < -0.39 is 0 Å². The molecule has 0 spiro atoms. The number of fused-ring (bicyclic) bond motifs is 1. The molecule has 1 saturated carbocycles. The summed E-state index contributed by atoms with van der Waals surface area (Å²) in [5, 5.41) is 4.78. The average molecular weight is 437 g/mol. The summed E-state index contributed by atoms with van der Waals surface area (Å²) in [5.74, 6) is 0.572. The number of aromatic nitrogens is 2. The summed E-state index contributed by atoms with van der Waals surface area (Å²) in [6.45, 7) is 1.01. The molecule has 2 heterocycles. The van der Waals surface area contributed by atoms with Gasteiger partial charge >= 0.3 is 0 Å². The minimum atomic E-state index is -0.304. The van der Waals surface area contributed by atoms with Crippen LogP contribution >= 0.6 is 0 Å². The molecule has 1 aromatic carbocycles. The van der Waals surface area contributed by atoms with E-state index in [0.29, 0.717) is 13.1 Å². The van der Waals surface area contributed by atoms with Gasteiger partial charge in [0.1, 0.15) is 5.75 Å². The van der Waals surface area contributed by atoms with Gasteiger partial charge in [-0.2, -0.15) is 5.10 Å². The molecule has 1 unspecified atom stereocenters. The van der Waals surface area contributed by atoms with E-state index in [9.17, 15) is 9.59 Å². The second-order valence-electron chi connectivity index (χ2n) is 9.36. The van der Waals surface area contributed by atoms with Crippen LogP contribution in [0.2, 0.25) is 0 Å². The van der Waals surface area contributed by atoms with Crippen molar-refractivity contribution in [2.45, 2.75) is 64.0 Å². The summed E-state index contributed by atoms with van der Waals surface area (Å²) < 4.78 is 7.22. The van der Waals surface area contributed by atoms with Crippen molar-refractivity contribution in [3.05, 3.63) is 41.2 Å². The van der Waals surface area contributed by atoms with Gasteiger partial charge in [0.15, 0.2) is 0 Å². The first-order valence-corrected chi connectivity index (χ1v) is 11.8. The molecule has 7 heteroatoms. The van der Waals surface area contributed by atoms with Crippen molar-refractivity contribution in [2.24, 2.45) is 13.0 Å². The third kappa shape index (κ3) is 3.78. The second kappa shape index (κ2) is 8.60. The van der Waals surface area contributed by atoms with Gasteiger partial charge < -0.3 is 14.5 Å². The summed E-state index contributed by atoms with van der Waals surface area (Å²) in [7, 11) is 3.64. The van der Waals surface area contributed by atoms with Crippen molar-refractivity contribution in [1.29, 1.82) is 0 Å². The zero-order valence-electron chi connectivity index (χ0n) is 19.0. The van der Waals surface area contributed by atoms with Crippen LogP contribution in [0.25, 0.3) is 0 Å². The van der Waals surface area contributed by atoms with Gasteiger partial charge in [0, 0.05) is 37.4 Å². The van der Waals surface area contributed by atoms with E-state index in [0.717, 1.165) is 55.7 Å². The average Bonchev–Trinajstić information content (AvgIpc) is 3.59. The second-order valence-corrected chi connectivity index (χ2v) is 9.36. The van der Waals surface area contributed by atoms with Gasteiger partial charge in [0.2, 0.25) is 11.8 Å². The summed E-state index contributed by atoms with van der Waals surface area (Å²) >= 11 is 0. The topological polar surface area (TPSA) is 67.7 Å². The zero-order valence-corrected chi connectivity index (χ0v) is 19.0. The maximum absolute atomic E-state index is 13.8. The Bertz CT molecular complexity index is 1010. The fourth-order valence-electron chi connectivity index (χ4n) is 5.71. The van der Waals surface area contributed by atoms with Crippen molar-refractivity contribution < 1.29 is 14.3 Å². The lowest BCUT2D eigenvalue weighted by molar-refractivity contribution is -0.138.